The first-order valence-corrected chi connectivity index (χ1v) is 7.68. The average molecular weight is 286 g/mol. The molecule has 0 radical (unpaired) electrons. The molecule has 0 amide bonds. The lowest BCUT2D eigenvalue weighted by molar-refractivity contribution is 0.216. The van der Waals surface area contributed by atoms with Gasteiger partial charge in [0.25, 0.3) is 0 Å². The Morgan fingerprint density at radius 2 is 1.79 bits per heavy atom. The van der Waals surface area contributed by atoms with Crippen LogP contribution in [0.15, 0.2) is 17.0 Å². The number of benzene rings is 1. The predicted octanol–water partition coefficient (Wildman–Crippen LogP) is 1.18. The van der Waals surface area contributed by atoms with Crippen LogP contribution in [0.2, 0.25) is 0 Å². The Bertz CT molecular complexity index is 555. The van der Waals surface area contributed by atoms with Gasteiger partial charge in [0.1, 0.15) is 4.90 Å². The SMILES string of the molecule is Cc1ccc(C)c(S(=O)(=O)NC(C)C(C)CO)c1N. The summed E-state index contributed by atoms with van der Waals surface area (Å²) in [7, 11) is -3.68. The van der Waals surface area contributed by atoms with E-state index >= 15 is 0 Å². The molecule has 5 nitrogen and oxygen atoms in total. The number of nitrogen functional groups attached to an aromatic ring is 1. The van der Waals surface area contributed by atoms with E-state index in [0.29, 0.717) is 5.56 Å². The molecule has 6 heteroatoms. The number of hydrogen-bond donors (Lipinski definition) is 3. The number of anilines is 1. The number of nitrogens with two attached hydrogens (primary N) is 1. The summed E-state index contributed by atoms with van der Waals surface area (Å²) >= 11 is 0. The van der Waals surface area contributed by atoms with Gasteiger partial charge in [-0.15, -0.1) is 0 Å². The molecule has 0 aliphatic heterocycles. The van der Waals surface area contributed by atoms with E-state index in [4.69, 9.17) is 10.8 Å². The second-order valence-corrected chi connectivity index (χ2v) is 6.66. The molecule has 0 fully saturated rings. The van der Waals surface area contributed by atoms with Crippen LogP contribution in [0.1, 0.15) is 25.0 Å². The topological polar surface area (TPSA) is 92.4 Å². The molecule has 1 rings (SSSR count). The number of hydrogen-bond acceptors (Lipinski definition) is 4. The van der Waals surface area contributed by atoms with Crippen LogP contribution >= 0.6 is 0 Å². The van der Waals surface area contributed by atoms with E-state index in [0.717, 1.165) is 5.56 Å². The molecular formula is C13H22N2O3S. The Morgan fingerprint density at radius 1 is 1.26 bits per heavy atom. The summed E-state index contributed by atoms with van der Waals surface area (Å²) in [4.78, 5) is 0.129. The smallest absolute Gasteiger partial charge is 0.243 e. The van der Waals surface area contributed by atoms with Crippen molar-refractivity contribution in [1.82, 2.24) is 4.72 Å². The fourth-order valence-corrected chi connectivity index (χ4v) is 3.52. The third-order valence-corrected chi connectivity index (χ3v) is 5.12. The summed E-state index contributed by atoms with van der Waals surface area (Å²) in [5.74, 6) is -0.166. The molecule has 0 aliphatic rings. The van der Waals surface area contributed by atoms with Crippen LogP contribution in [0, 0.1) is 19.8 Å². The summed E-state index contributed by atoms with van der Waals surface area (Å²) in [6.07, 6.45) is 0. The number of aliphatic hydroxyl groups is 1. The Kier molecular flexibility index (Phi) is 4.95. The fourth-order valence-electron chi connectivity index (χ4n) is 1.74. The monoisotopic (exact) mass is 286 g/mol. The number of nitrogens with one attached hydrogen (secondary N) is 1. The molecule has 0 saturated carbocycles. The average Bonchev–Trinajstić information content (AvgIpc) is 2.32. The number of rotatable bonds is 5. The van der Waals surface area contributed by atoms with E-state index in [1.807, 2.05) is 0 Å². The minimum absolute atomic E-state index is 0.0774. The molecule has 0 aliphatic carbocycles. The maximum absolute atomic E-state index is 12.4. The van der Waals surface area contributed by atoms with Gasteiger partial charge in [-0.3, -0.25) is 0 Å². The second-order valence-electron chi connectivity index (χ2n) is 5.01. The zero-order valence-corrected chi connectivity index (χ0v) is 12.6. The minimum Gasteiger partial charge on any atom is -0.397 e. The van der Waals surface area contributed by atoms with Gasteiger partial charge in [-0.1, -0.05) is 19.1 Å². The lowest BCUT2D eigenvalue weighted by Gasteiger charge is -2.21. The van der Waals surface area contributed by atoms with Crippen molar-refractivity contribution in [2.75, 3.05) is 12.3 Å². The molecule has 1 aromatic rings. The molecular weight excluding hydrogens is 264 g/mol. The van der Waals surface area contributed by atoms with E-state index < -0.39 is 10.0 Å². The highest BCUT2D eigenvalue weighted by Gasteiger charge is 2.25. The molecule has 1 aromatic carbocycles. The lowest BCUT2D eigenvalue weighted by atomic mass is 10.1. The van der Waals surface area contributed by atoms with Gasteiger partial charge in [-0.2, -0.15) is 0 Å². The summed E-state index contributed by atoms with van der Waals surface area (Å²) < 4.78 is 27.3. The second kappa shape index (κ2) is 5.90. The van der Waals surface area contributed by atoms with Gasteiger partial charge in [-0.05, 0) is 37.8 Å². The van der Waals surface area contributed by atoms with E-state index in [-0.39, 0.29) is 29.1 Å². The van der Waals surface area contributed by atoms with E-state index in [2.05, 4.69) is 4.72 Å². The lowest BCUT2D eigenvalue weighted by Crippen LogP contribution is -2.38. The van der Waals surface area contributed by atoms with Crippen molar-refractivity contribution in [2.45, 2.75) is 38.6 Å². The van der Waals surface area contributed by atoms with Crippen molar-refractivity contribution < 1.29 is 13.5 Å². The van der Waals surface area contributed by atoms with Crippen LogP contribution in [0.5, 0.6) is 0 Å². The van der Waals surface area contributed by atoms with Crippen LogP contribution in [0.25, 0.3) is 0 Å². The highest BCUT2D eigenvalue weighted by molar-refractivity contribution is 7.89. The largest absolute Gasteiger partial charge is 0.397 e. The van der Waals surface area contributed by atoms with Crippen LogP contribution in [0.4, 0.5) is 5.69 Å². The summed E-state index contributed by atoms with van der Waals surface area (Å²) in [5, 5.41) is 9.07. The van der Waals surface area contributed by atoms with Crippen LogP contribution < -0.4 is 10.5 Å². The standard InChI is InChI=1S/C13H22N2O3S/c1-8-5-6-9(2)13(12(8)14)19(17,18)15-11(4)10(3)7-16/h5-6,10-11,15-16H,7,14H2,1-4H3. The van der Waals surface area contributed by atoms with E-state index in [9.17, 15) is 8.42 Å². The molecule has 4 N–H and O–H groups in total. The maximum atomic E-state index is 12.4. The summed E-state index contributed by atoms with van der Waals surface area (Å²) in [6.45, 7) is 6.91. The van der Waals surface area contributed by atoms with Crippen LogP contribution in [-0.2, 0) is 10.0 Å². The zero-order chi connectivity index (χ0) is 14.8. The Morgan fingerprint density at radius 3 is 2.32 bits per heavy atom. The molecule has 108 valence electrons. The van der Waals surface area contributed by atoms with Crippen molar-refractivity contribution >= 4 is 15.7 Å². The van der Waals surface area contributed by atoms with Gasteiger partial charge < -0.3 is 10.8 Å². The van der Waals surface area contributed by atoms with Gasteiger partial charge in [0.15, 0.2) is 0 Å². The highest BCUT2D eigenvalue weighted by Crippen LogP contribution is 2.26. The van der Waals surface area contributed by atoms with E-state index in [1.54, 1.807) is 39.8 Å². The van der Waals surface area contributed by atoms with Crippen molar-refractivity contribution in [3.05, 3.63) is 23.3 Å². The molecule has 2 unspecified atom stereocenters. The Balaban J connectivity index is 3.18. The van der Waals surface area contributed by atoms with Crippen molar-refractivity contribution in [2.24, 2.45) is 5.92 Å². The van der Waals surface area contributed by atoms with Gasteiger partial charge >= 0.3 is 0 Å². The van der Waals surface area contributed by atoms with Gasteiger partial charge in [-0.25, -0.2) is 13.1 Å². The molecule has 0 bridgehead atoms. The first-order chi connectivity index (χ1) is 8.70. The number of sulfonamides is 1. The molecule has 0 heterocycles. The van der Waals surface area contributed by atoms with Gasteiger partial charge in [0.05, 0.1) is 5.69 Å². The molecule has 0 spiro atoms. The third kappa shape index (κ3) is 3.46. The normalized spacial score (nSPS) is 15.2. The first kappa shape index (κ1) is 15.9. The molecule has 0 saturated heterocycles. The summed E-state index contributed by atoms with van der Waals surface area (Å²) in [6, 6.07) is 3.17. The van der Waals surface area contributed by atoms with Crippen molar-refractivity contribution in [3.8, 4) is 0 Å². The molecule has 0 aromatic heterocycles. The Hall–Kier alpha value is -1.11. The molecule has 2 atom stereocenters. The van der Waals surface area contributed by atoms with E-state index in [1.165, 1.54) is 0 Å². The van der Waals surface area contributed by atoms with Crippen LogP contribution in [0.3, 0.4) is 0 Å². The number of aryl methyl sites for hydroxylation is 2. The van der Waals surface area contributed by atoms with Gasteiger partial charge in [0.2, 0.25) is 10.0 Å². The third-order valence-electron chi connectivity index (χ3n) is 3.36. The highest BCUT2D eigenvalue weighted by atomic mass is 32.2. The Labute approximate surface area is 114 Å². The molecule has 19 heavy (non-hydrogen) atoms. The minimum atomic E-state index is -3.68. The quantitative estimate of drug-likeness (QED) is 0.709. The van der Waals surface area contributed by atoms with Crippen molar-refractivity contribution in [3.63, 3.8) is 0 Å². The van der Waals surface area contributed by atoms with Gasteiger partial charge in [0, 0.05) is 12.6 Å². The fraction of sp³-hybridized carbons (Fsp3) is 0.538. The zero-order valence-electron chi connectivity index (χ0n) is 11.8. The van der Waals surface area contributed by atoms with Crippen LogP contribution in [-0.4, -0.2) is 26.2 Å². The maximum Gasteiger partial charge on any atom is 0.243 e. The number of aliphatic hydroxyl groups excluding tert-OH is 1. The first-order valence-electron chi connectivity index (χ1n) is 6.19. The summed E-state index contributed by atoms with van der Waals surface area (Å²) in [5.41, 5.74) is 7.50. The predicted molar refractivity (Wildman–Crippen MR) is 76.4 cm³/mol. The van der Waals surface area contributed by atoms with Crippen molar-refractivity contribution in [1.29, 1.82) is 0 Å².